The molecule has 0 radical (unpaired) electrons. The largest absolute Gasteiger partial charge is 0.494 e. The molecular formula is C36H39ClN2O2. The third kappa shape index (κ3) is 7.25. The van der Waals surface area contributed by atoms with Crippen molar-refractivity contribution >= 4 is 17.3 Å². The molecule has 212 valence electrons. The molecule has 2 aliphatic rings. The maximum absolute atomic E-state index is 6.24. The first-order valence-corrected chi connectivity index (χ1v) is 15.4. The van der Waals surface area contributed by atoms with Crippen molar-refractivity contribution in [3.63, 3.8) is 0 Å². The Balaban J connectivity index is 1.17. The Kier molecular flexibility index (Phi) is 9.09. The van der Waals surface area contributed by atoms with E-state index in [1.165, 1.54) is 47.2 Å². The van der Waals surface area contributed by atoms with Crippen molar-refractivity contribution < 1.29 is 9.47 Å². The first-order valence-electron chi connectivity index (χ1n) is 15.0. The van der Waals surface area contributed by atoms with Crippen molar-refractivity contribution in [3.05, 3.63) is 124 Å². The van der Waals surface area contributed by atoms with Gasteiger partial charge in [-0.15, -0.1) is 0 Å². The lowest BCUT2D eigenvalue weighted by Gasteiger charge is -2.39. The smallest absolute Gasteiger partial charge is 0.120 e. The lowest BCUT2D eigenvalue weighted by atomic mass is 9.88. The second kappa shape index (κ2) is 13.5. The van der Waals surface area contributed by atoms with Crippen LogP contribution in [0.4, 0.5) is 5.69 Å². The number of nitrogens with zero attached hydrogens (tertiary/aromatic N) is 1. The maximum Gasteiger partial charge on any atom is 0.120 e. The number of ether oxygens (including phenoxy) is 2. The second-order valence-corrected chi connectivity index (χ2v) is 11.6. The van der Waals surface area contributed by atoms with Crippen LogP contribution in [0.3, 0.4) is 0 Å². The zero-order chi connectivity index (χ0) is 27.9. The van der Waals surface area contributed by atoms with E-state index in [0.29, 0.717) is 12.6 Å². The summed E-state index contributed by atoms with van der Waals surface area (Å²) in [5.41, 5.74) is 6.40. The number of hydrogen-bond donors (Lipinski definition) is 1. The molecule has 4 aromatic carbocycles. The fourth-order valence-corrected chi connectivity index (χ4v) is 6.24. The van der Waals surface area contributed by atoms with Gasteiger partial charge < -0.3 is 19.7 Å². The van der Waals surface area contributed by atoms with Crippen molar-refractivity contribution in [1.29, 1.82) is 0 Å². The Morgan fingerprint density at radius 2 is 1.61 bits per heavy atom. The third-order valence-corrected chi connectivity index (χ3v) is 8.63. The highest BCUT2D eigenvalue weighted by Gasteiger charge is 2.28. The summed E-state index contributed by atoms with van der Waals surface area (Å²) in [4.78, 5) is 2.52. The fourth-order valence-electron chi connectivity index (χ4n) is 6.12. The highest BCUT2D eigenvalue weighted by Crippen LogP contribution is 2.38. The van der Waals surface area contributed by atoms with Crippen LogP contribution in [0.25, 0.3) is 0 Å². The molecule has 2 atom stereocenters. The van der Waals surface area contributed by atoms with Gasteiger partial charge in [-0.2, -0.15) is 0 Å². The van der Waals surface area contributed by atoms with Crippen molar-refractivity contribution in [3.8, 4) is 11.5 Å². The molecule has 4 nitrogen and oxygen atoms in total. The van der Waals surface area contributed by atoms with Crippen LogP contribution < -0.4 is 19.7 Å². The van der Waals surface area contributed by atoms with Crippen LogP contribution in [0.5, 0.6) is 11.5 Å². The van der Waals surface area contributed by atoms with Crippen LogP contribution >= 0.6 is 11.6 Å². The summed E-state index contributed by atoms with van der Waals surface area (Å²) in [5, 5.41) is 4.37. The summed E-state index contributed by atoms with van der Waals surface area (Å²) in [6, 6.07) is 34.7. The zero-order valence-corrected chi connectivity index (χ0v) is 24.4. The summed E-state index contributed by atoms with van der Waals surface area (Å²) >= 11 is 6.24. The Hall–Kier alpha value is -3.47. The van der Waals surface area contributed by atoms with Gasteiger partial charge in [-0.25, -0.2) is 0 Å². The molecule has 4 aromatic rings. The number of rotatable bonds is 10. The summed E-state index contributed by atoms with van der Waals surface area (Å²) < 4.78 is 12.3. The minimum atomic E-state index is 0.215. The molecule has 2 heterocycles. The van der Waals surface area contributed by atoms with Gasteiger partial charge in [0, 0.05) is 23.3 Å². The molecule has 0 aromatic heterocycles. The molecule has 0 saturated carbocycles. The van der Waals surface area contributed by atoms with Gasteiger partial charge in [0.15, 0.2) is 0 Å². The summed E-state index contributed by atoms with van der Waals surface area (Å²) in [6.07, 6.45) is 6.82. The van der Waals surface area contributed by atoms with Crippen LogP contribution in [-0.4, -0.2) is 25.7 Å². The first kappa shape index (κ1) is 27.7. The van der Waals surface area contributed by atoms with E-state index in [-0.39, 0.29) is 6.04 Å². The highest BCUT2D eigenvalue weighted by atomic mass is 35.5. The Morgan fingerprint density at radius 1 is 0.805 bits per heavy atom. The molecule has 0 aliphatic carbocycles. The SMILES string of the molecule is Clc1ccc(N2CCc3cc(OCc4ccccc4)ccc3C2Cc2ccc(OCCC3CCCCN3)cc2)cc1. The van der Waals surface area contributed by atoms with Crippen molar-refractivity contribution in [2.45, 2.75) is 57.2 Å². The standard InChI is InChI=1S/C36H39ClN2O2/c37-30-11-13-32(14-12-30)39-22-19-29-25-34(41-26-28-6-2-1-3-7-28)17-18-35(29)36(39)24-27-9-15-33(16-10-27)40-23-20-31-8-4-5-21-38-31/h1-3,6-7,9-18,25,31,36,38H,4-5,8,19-24,26H2. The van der Waals surface area contributed by atoms with E-state index in [4.69, 9.17) is 21.1 Å². The summed E-state index contributed by atoms with van der Waals surface area (Å²) in [7, 11) is 0. The molecule has 6 rings (SSSR count). The summed E-state index contributed by atoms with van der Waals surface area (Å²) in [5.74, 6) is 1.87. The highest BCUT2D eigenvalue weighted by molar-refractivity contribution is 6.30. The van der Waals surface area contributed by atoms with Crippen LogP contribution in [0.1, 0.15) is 54.0 Å². The normalized spacial score (nSPS) is 18.5. The number of piperidine rings is 1. The van der Waals surface area contributed by atoms with E-state index < -0.39 is 0 Å². The number of hydrogen-bond acceptors (Lipinski definition) is 4. The lowest BCUT2D eigenvalue weighted by Crippen LogP contribution is -2.36. The van der Waals surface area contributed by atoms with E-state index in [1.54, 1.807) is 0 Å². The second-order valence-electron chi connectivity index (χ2n) is 11.2. The first-order chi connectivity index (χ1) is 20.2. The van der Waals surface area contributed by atoms with E-state index >= 15 is 0 Å². The van der Waals surface area contributed by atoms with E-state index in [2.05, 4.69) is 89.1 Å². The maximum atomic E-state index is 6.24. The molecule has 5 heteroatoms. The predicted octanol–water partition coefficient (Wildman–Crippen LogP) is 8.18. The number of benzene rings is 4. The van der Waals surface area contributed by atoms with Gasteiger partial charge in [-0.1, -0.05) is 66.6 Å². The van der Waals surface area contributed by atoms with Crippen LogP contribution in [0.15, 0.2) is 97.1 Å². The van der Waals surface area contributed by atoms with Crippen molar-refractivity contribution in [2.75, 3.05) is 24.6 Å². The zero-order valence-electron chi connectivity index (χ0n) is 23.6. The number of fused-ring (bicyclic) bond motifs is 1. The van der Waals surface area contributed by atoms with Gasteiger partial charge in [-0.05, 0) is 109 Å². The van der Waals surface area contributed by atoms with Crippen LogP contribution in [0, 0.1) is 0 Å². The molecule has 1 N–H and O–H groups in total. The Morgan fingerprint density at radius 3 is 2.39 bits per heavy atom. The molecule has 0 bridgehead atoms. The van der Waals surface area contributed by atoms with Crippen molar-refractivity contribution in [2.24, 2.45) is 0 Å². The average Bonchev–Trinajstić information content (AvgIpc) is 3.02. The lowest BCUT2D eigenvalue weighted by molar-refractivity contribution is 0.268. The molecule has 0 spiro atoms. The molecule has 41 heavy (non-hydrogen) atoms. The Labute approximate surface area is 249 Å². The van der Waals surface area contributed by atoms with E-state index in [0.717, 1.165) is 55.5 Å². The van der Waals surface area contributed by atoms with Gasteiger partial charge in [0.25, 0.3) is 0 Å². The Bertz CT molecular complexity index is 1390. The number of nitrogens with one attached hydrogen (secondary N) is 1. The van der Waals surface area contributed by atoms with E-state index in [1.807, 2.05) is 18.2 Å². The quantitative estimate of drug-likeness (QED) is 0.210. The molecular weight excluding hydrogens is 528 g/mol. The van der Waals surface area contributed by atoms with Gasteiger partial charge in [0.1, 0.15) is 18.1 Å². The monoisotopic (exact) mass is 566 g/mol. The van der Waals surface area contributed by atoms with Crippen LogP contribution in [0.2, 0.25) is 5.02 Å². The molecule has 1 fully saturated rings. The van der Waals surface area contributed by atoms with Gasteiger partial charge >= 0.3 is 0 Å². The van der Waals surface area contributed by atoms with Gasteiger partial charge in [0.2, 0.25) is 0 Å². The van der Waals surface area contributed by atoms with Crippen LogP contribution in [-0.2, 0) is 19.4 Å². The predicted molar refractivity (Wildman–Crippen MR) is 168 cm³/mol. The van der Waals surface area contributed by atoms with Gasteiger partial charge in [-0.3, -0.25) is 0 Å². The molecule has 2 aliphatic heterocycles. The molecule has 0 amide bonds. The van der Waals surface area contributed by atoms with E-state index in [9.17, 15) is 0 Å². The number of anilines is 1. The average molecular weight is 567 g/mol. The fraction of sp³-hybridized carbons (Fsp3) is 0.333. The topological polar surface area (TPSA) is 33.7 Å². The molecule has 2 unspecified atom stereocenters. The molecule has 1 saturated heterocycles. The summed E-state index contributed by atoms with van der Waals surface area (Å²) in [6.45, 7) is 3.41. The number of halogens is 1. The van der Waals surface area contributed by atoms with Crippen molar-refractivity contribution in [1.82, 2.24) is 5.32 Å². The van der Waals surface area contributed by atoms with Gasteiger partial charge in [0.05, 0.1) is 12.6 Å². The minimum absolute atomic E-state index is 0.215. The third-order valence-electron chi connectivity index (χ3n) is 8.38. The minimum Gasteiger partial charge on any atom is -0.494 e.